The Morgan fingerprint density at radius 1 is 1.10 bits per heavy atom. The first-order chi connectivity index (χ1) is 14.8. The third kappa shape index (κ3) is 7.24. The molecule has 5 nitrogen and oxygen atoms in total. The van der Waals surface area contributed by atoms with Gasteiger partial charge in [-0.25, -0.2) is 14.0 Å². The lowest BCUT2D eigenvalue weighted by Crippen LogP contribution is -2.37. The molecule has 0 unspecified atom stereocenters. The number of hydrogen-bond acceptors (Lipinski definition) is 2. The number of unbranched alkanes of at least 4 members (excludes halogenated alkanes) is 4. The molecule has 0 atom stereocenters. The van der Waals surface area contributed by atoms with Gasteiger partial charge in [-0.3, -0.25) is 4.90 Å². The van der Waals surface area contributed by atoms with E-state index in [9.17, 15) is 14.0 Å². The van der Waals surface area contributed by atoms with Gasteiger partial charge in [0.1, 0.15) is 5.82 Å². The molecule has 2 rings (SSSR count). The number of amides is 2. The highest BCUT2D eigenvalue weighted by Crippen LogP contribution is 2.28. The number of anilines is 1. The van der Waals surface area contributed by atoms with E-state index in [1.165, 1.54) is 43.2 Å². The number of rotatable bonds is 10. The number of carboxylic acid groups (broad SMARTS) is 1. The largest absolute Gasteiger partial charge is 0.478 e. The van der Waals surface area contributed by atoms with Gasteiger partial charge in [0.2, 0.25) is 0 Å². The van der Waals surface area contributed by atoms with Crippen LogP contribution in [-0.2, 0) is 4.79 Å². The molecule has 0 saturated carbocycles. The quantitative estimate of drug-likeness (QED) is 0.356. The topological polar surface area (TPSA) is 69.6 Å². The average Bonchev–Trinajstić information content (AvgIpc) is 2.75. The van der Waals surface area contributed by atoms with Gasteiger partial charge in [-0.2, -0.15) is 0 Å². The molecule has 0 saturated heterocycles. The number of carbonyl (C=O) groups excluding carboxylic acids is 1. The van der Waals surface area contributed by atoms with Crippen LogP contribution in [0.4, 0.5) is 14.9 Å². The second-order valence-electron chi connectivity index (χ2n) is 7.63. The molecule has 0 fully saturated rings. The summed E-state index contributed by atoms with van der Waals surface area (Å²) in [6.07, 6.45) is 7.06. The number of carboxylic acids is 1. The van der Waals surface area contributed by atoms with Crippen LogP contribution in [0.2, 0.25) is 0 Å². The molecule has 31 heavy (non-hydrogen) atoms. The van der Waals surface area contributed by atoms with Crippen LogP contribution in [-0.4, -0.2) is 30.7 Å². The number of nitrogens with zero attached hydrogens (tertiary/aromatic N) is 1. The van der Waals surface area contributed by atoms with Gasteiger partial charge in [0.25, 0.3) is 0 Å². The van der Waals surface area contributed by atoms with Crippen LogP contribution >= 0.6 is 0 Å². The van der Waals surface area contributed by atoms with E-state index in [2.05, 4.69) is 12.2 Å². The zero-order chi connectivity index (χ0) is 22.8. The SMILES string of the molecule is CCCCCCCNC(=O)N(C)c1cccc(-c2ccc(C=C(C)C(=O)O)cc2F)c1. The summed E-state index contributed by atoms with van der Waals surface area (Å²) in [6, 6.07) is 11.5. The van der Waals surface area contributed by atoms with Crippen molar-refractivity contribution in [3.05, 3.63) is 59.4 Å². The molecule has 0 spiro atoms. The number of benzene rings is 2. The van der Waals surface area contributed by atoms with Crippen LogP contribution < -0.4 is 10.2 Å². The van der Waals surface area contributed by atoms with Crippen LogP contribution in [0.3, 0.4) is 0 Å². The lowest BCUT2D eigenvalue weighted by atomic mass is 10.0. The summed E-state index contributed by atoms with van der Waals surface area (Å²) in [5.74, 6) is -1.50. The highest BCUT2D eigenvalue weighted by molar-refractivity contribution is 5.92. The van der Waals surface area contributed by atoms with Crippen molar-refractivity contribution in [2.45, 2.75) is 46.0 Å². The van der Waals surface area contributed by atoms with E-state index in [0.717, 1.165) is 12.8 Å². The van der Waals surface area contributed by atoms with Crippen molar-refractivity contribution >= 4 is 23.8 Å². The highest BCUT2D eigenvalue weighted by Gasteiger charge is 2.13. The number of nitrogens with one attached hydrogen (secondary N) is 1. The second-order valence-corrected chi connectivity index (χ2v) is 7.63. The fourth-order valence-corrected chi connectivity index (χ4v) is 3.21. The van der Waals surface area contributed by atoms with Gasteiger partial charge >= 0.3 is 12.0 Å². The van der Waals surface area contributed by atoms with Gasteiger partial charge in [-0.05, 0) is 48.7 Å². The third-order valence-corrected chi connectivity index (χ3v) is 5.12. The number of aliphatic carboxylic acids is 1. The predicted molar refractivity (Wildman–Crippen MR) is 124 cm³/mol. The van der Waals surface area contributed by atoms with Crippen LogP contribution in [0.25, 0.3) is 17.2 Å². The van der Waals surface area contributed by atoms with E-state index in [0.29, 0.717) is 28.9 Å². The lowest BCUT2D eigenvalue weighted by molar-refractivity contribution is -0.132. The Labute approximate surface area is 183 Å². The van der Waals surface area contributed by atoms with Crippen molar-refractivity contribution in [1.29, 1.82) is 0 Å². The zero-order valence-corrected chi connectivity index (χ0v) is 18.5. The molecule has 0 aliphatic rings. The molecule has 0 radical (unpaired) electrons. The van der Waals surface area contributed by atoms with Crippen molar-refractivity contribution in [3.8, 4) is 11.1 Å². The van der Waals surface area contributed by atoms with Crippen molar-refractivity contribution < 1.29 is 19.1 Å². The van der Waals surface area contributed by atoms with Crippen molar-refractivity contribution in [2.24, 2.45) is 0 Å². The first-order valence-electron chi connectivity index (χ1n) is 10.7. The summed E-state index contributed by atoms with van der Waals surface area (Å²) in [6.45, 7) is 4.26. The number of hydrogen-bond donors (Lipinski definition) is 2. The normalized spacial score (nSPS) is 11.3. The maximum absolute atomic E-state index is 14.7. The van der Waals surface area contributed by atoms with E-state index in [1.807, 2.05) is 0 Å². The van der Waals surface area contributed by atoms with Gasteiger partial charge < -0.3 is 10.4 Å². The Kier molecular flexibility index (Phi) is 9.25. The Bertz CT molecular complexity index is 940. The zero-order valence-electron chi connectivity index (χ0n) is 18.5. The molecule has 2 aromatic rings. The predicted octanol–water partition coefficient (Wildman–Crippen LogP) is 6.10. The number of carbonyl (C=O) groups is 2. The number of halogens is 1. The summed E-state index contributed by atoms with van der Waals surface area (Å²) in [5, 5.41) is 11.9. The third-order valence-electron chi connectivity index (χ3n) is 5.12. The Morgan fingerprint density at radius 3 is 2.52 bits per heavy atom. The molecular formula is C25H31FN2O3. The van der Waals surface area contributed by atoms with Gasteiger partial charge in [0, 0.05) is 30.4 Å². The van der Waals surface area contributed by atoms with E-state index >= 15 is 0 Å². The van der Waals surface area contributed by atoms with Crippen molar-refractivity contribution in [3.63, 3.8) is 0 Å². The maximum Gasteiger partial charge on any atom is 0.331 e. The Balaban J connectivity index is 2.08. The average molecular weight is 427 g/mol. The van der Waals surface area contributed by atoms with Crippen LogP contribution in [0.15, 0.2) is 48.0 Å². The fraction of sp³-hybridized carbons (Fsp3) is 0.360. The van der Waals surface area contributed by atoms with Crippen molar-refractivity contribution in [1.82, 2.24) is 5.32 Å². The molecule has 2 amide bonds. The molecule has 0 aliphatic heterocycles. The monoisotopic (exact) mass is 426 g/mol. The summed E-state index contributed by atoms with van der Waals surface area (Å²) in [7, 11) is 1.68. The highest BCUT2D eigenvalue weighted by atomic mass is 19.1. The van der Waals surface area contributed by atoms with Crippen LogP contribution in [0.5, 0.6) is 0 Å². The van der Waals surface area contributed by atoms with E-state index < -0.39 is 11.8 Å². The van der Waals surface area contributed by atoms with Gasteiger partial charge in [0.15, 0.2) is 0 Å². The lowest BCUT2D eigenvalue weighted by Gasteiger charge is -2.19. The molecule has 0 aromatic heterocycles. The van der Waals surface area contributed by atoms with Crippen molar-refractivity contribution in [2.75, 3.05) is 18.5 Å². The summed E-state index contributed by atoms with van der Waals surface area (Å²) < 4.78 is 14.7. The van der Waals surface area contributed by atoms with E-state index in [4.69, 9.17) is 5.11 Å². The molecule has 0 aliphatic carbocycles. The molecule has 166 valence electrons. The first-order valence-corrected chi connectivity index (χ1v) is 10.7. The molecule has 0 bridgehead atoms. The Morgan fingerprint density at radius 2 is 1.84 bits per heavy atom. The Hall–Kier alpha value is -3.15. The minimum atomic E-state index is -1.04. The second kappa shape index (κ2) is 11.9. The smallest absolute Gasteiger partial charge is 0.331 e. The summed E-state index contributed by atoms with van der Waals surface area (Å²) in [4.78, 5) is 24.9. The molecule has 0 heterocycles. The molecule has 6 heteroatoms. The molecule has 2 N–H and O–H groups in total. The van der Waals surface area contributed by atoms with Gasteiger partial charge in [-0.1, -0.05) is 56.9 Å². The minimum Gasteiger partial charge on any atom is -0.478 e. The minimum absolute atomic E-state index is 0.132. The maximum atomic E-state index is 14.7. The van der Waals surface area contributed by atoms with Crippen LogP contribution in [0, 0.1) is 5.82 Å². The standard InChI is InChI=1S/C25H31FN2O3/c1-4-5-6-7-8-14-27-25(31)28(3)21-11-9-10-20(17-21)22-13-12-19(16-23(22)26)15-18(2)24(29)30/h9-13,15-17H,4-8,14H2,1-3H3,(H,27,31)(H,29,30). The van der Waals surface area contributed by atoms with E-state index in [-0.39, 0.29) is 11.6 Å². The molecular weight excluding hydrogens is 395 g/mol. The first kappa shape index (κ1) is 24.1. The number of urea groups is 1. The van der Waals surface area contributed by atoms with Crippen LogP contribution in [0.1, 0.15) is 51.5 Å². The summed E-state index contributed by atoms with van der Waals surface area (Å²) >= 11 is 0. The fourth-order valence-electron chi connectivity index (χ4n) is 3.21. The van der Waals surface area contributed by atoms with Gasteiger partial charge in [0.05, 0.1) is 0 Å². The molecule has 2 aromatic carbocycles. The van der Waals surface area contributed by atoms with Gasteiger partial charge in [-0.15, -0.1) is 0 Å². The summed E-state index contributed by atoms with van der Waals surface area (Å²) in [5.41, 5.74) is 2.29. The van der Waals surface area contributed by atoms with E-state index in [1.54, 1.807) is 43.4 Å².